The highest BCUT2D eigenvalue weighted by Gasteiger charge is 2.31. The lowest BCUT2D eigenvalue weighted by Crippen LogP contribution is -2.40. The van der Waals surface area contributed by atoms with E-state index >= 15 is 0 Å². The molecule has 24 heavy (non-hydrogen) atoms. The van der Waals surface area contributed by atoms with Gasteiger partial charge in [-0.2, -0.15) is 0 Å². The number of carbonyl (C=O) groups is 1. The highest BCUT2D eigenvalue weighted by atomic mass is 16.2. The predicted molar refractivity (Wildman–Crippen MR) is 92.9 cm³/mol. The molecule has 0 bridgehead atoms. The molecule has 2 aromatic rings. The second kappa shape index (κ2) is 6.99. The Morgan fingerprint density at radius 3 is 2.96 bits per heavy atom. The molecule has 0 aliphatic heterocycles. The molecule has 1 unspecified atom stereocenters. The molecule has 0 N–H and O–H groups in total. The van der Waals surface area contributed by atoms with Crippen molar-refractivity contribution in [3.05, 3.63) is 63.8 Å². The molecule has 5 nitrogen and oxygen atoms in total. The average Bonchev–Trinajstić information content (AvgIpc) is 2.61. The molecule has 0 saturated carbocycles. The Labute approximate surface area is 141 Å². The van der Waals surface area contributed by atoms with Gasteiger partial charge in [-0.05, 0) is 43.4 Å². The Kier molecular flexibility index (Phi) is 4.79. The van der Waals surface area contributed by atoms with Crippen molar-refractivity contribution in [1.29, 1.82) is 0 Å². The third-order valence-corrected chi connectivity index (χ3v) is 4.67. The van der Waals surface area contributed by atoms with Crippen molar-refractivity contribution in [3.63, 3.8) is 0 Å². The summed E-state index contributed by atoms with van der Waals surface area (Å²) in [5, 5.41) is 0. The topological polar surface area (TPSA) is 55.2 Å². The zero-order valence-electron chi connectivity index (χ0n) is 14.2. The van der Waals surface area contributed by atoms with Gasteiger partial charge in [0.25, 0.3) is 11.5 Å². The summed E-state index contributed by atoms with van der Waals surface area (Å²) >= 11 is 0. The number of rotatable bonds is 4. The minimum atomic E-state index is -0.167. The minimum Gasteiger partial charge on any atom is -0.329 e. The van der Waals surface area contributed by atoms with Crippen LogP contribution in [-0.4, -0.2) is 26.9 Å². The molecule has 0 fully saturated rings. The third-order valence-electron chi connectivity index (χ3n) is 4.67. The first-order chi connectivity index (χ1) is 11.6. The normalized spacial score (nSPS) is 16.5. The molecule has 1 aliphatic carbocycles. The van der Waals surface area contributed by atoms with Crippen LogP contribution in [0, 0.1) is 0 Å². The smallest absolute Gasteiger partial charge is 0.271 e. The Morgan fingerprint density at radius 1 is 1.33 bits per heavy atom. The van der Waals surface area contributed by atoms with E-state index < -0.39 is 0 Å². The van der Waals surface area contributed by atoms with Gasteiger partial charge in [0, 0.05) is 25.9 Å². The molecular weight excluding hydrogens is 302 g/mol. The van der Waals surface area contributed by atoms with Gasteiger partial charge in [-0.25, -0.2) is 0 Å². The Bertz CT molecular complexity index is 797. The first-order valence-corrected chi connectivity index (χ1v) is 8.54. The van der Waals surface area contributed by atoms with Crippen molar-refractivity contribution >= 4 is 5.91 Å². The van der Waals surface area contributed by atoms with Crippen LogP contribution >= 0.6 is 0 Å². The minimum absolute atomic E-state index is 0.0160. The summed E-state index contributed by atoms with van der Waals surface area (Å²) in [4.78, 5) is 31.5. The van der Waals surface area contributed by atoms with Crippen LogP contribution in [0.25, 0.3) is 0 Å². The largest absolute Gasteiger partial charge is 0.329 e. The second-order valence-electron chi connectivity index (χ2n) is 6.26. The molecule has 0 radical (unpaired) electrons. The van der Waals surface area contributed by atoms with E-state index in [1.165, 1.54) is 16.2 Å². The lowest BCUT2D eigenvalue weighted by molar-refractivity contribution is 0.0640. The number of nitrogens with zero attached hydrogens (tertiary/aromatic N) is 3. The van der Waals surface area contributed by atoms with E-state index in [0.717, 1.165) is 31.4 Å². The van der Waals surface area contributed by atoms with Crippen LogP contribution in [0.5, 0.6) is 0 Å². The molecule has 5 heteroatoms. The summed E-state index contributed by atoms with van der Waals surface area (Å²) in [6, 6.07) is 8.87. The number of pyridine rings is 2. The number of aromatic nitrogens is 2. The fourth-order valence-electron chi connectivity index (χ4n) is 3.45. The Morgan fingerprint density at radius 2 is 2.17 bits per heavy atom. The van der Waals surface area contributed by atoms with Crippen LogP contribution in [0.3, 0.4) is 0 Å². The summed E-state index contributed by atoms with van der Waals surface area (Å²) < 4.78 is 1.42. The van der Waals surface area contributed by atoms with Gasteiger partial charge in [0.15, 0.2) is 0 Å². The zero-order chi connectivity index (χ0) is 17.1. The number of hydrogen-bond acceptors (Lipinski definition) is 3. The van der Waals surface area contributed by atoms with Crippen molar-refractivity contribution in [2.45, 2.75) is 38.6 Å². The van der Waals surface area contributed by atoms with E-state index in [9.17, 15) is 9.59 Å². The summed E-state index contributed by atoms with van der Waals surface area (Å²) in [6.07, 6.45) is 5.63. The number of hydrogen-bond donors (Lipinski definition) is 0. The highest BCUT2D eigenvalue weighted by molar-refractivity contribution is 5.92. The first-order valence-electron chi connectivity index (χ1n) is 8.54. The summed E-state index contributed by atoms with van der Waals surface area (Å²) in [6.45, 7) is 2.72. The van der Waals surface area contributed by atoms with Crippen LogP contribution in [-0.2, 0) is 13.5 Å². The molecule has 0 saturated heterocycles. The van der Waals surface area contributed by atoms with E-state index in [1.54, 1.807) is 25.4 Å². The van der Waals surface area contributed by atoms with Crippen molar-refractivity contribution in [2.75, 3.05) is 6.54 Å². The fraction of sp³-hybridized carbons (Fsp3) is 0.421. The van der Waals surface area contributed by atoms with Crippen LogP contribution in [0.15, 0.2) is 41.3 Å². The van der Waals surface area contributed by atoms with Crippen molar-refractivity contribution in [2.24, 2.45) is 7.05 Å². The van der Waals surface area contributed by atoms with E-state index in [2.05, 4.69) is 18.0 Å². The molecule has 1 aliphatic rings. The van der Waals surface area contributed by atoms with Gasteiger partial charge in [-0.15, -0.1) is 0 Å². The maximum absolute atomic E-state index is 13.2. The van der Waals surface area contributed by atoms with Crippen molar-refractivity contribution in [3.8, 4) is 0 Å². The monoisotopic (exact) mass is 325 g/mol. The summed E-state index contributed by atoms with van der Waals surface area (Å²) in [5.74, 6) is -0.0967. The zero-order valence-corrected chi connectivity index (χ0v) is 14.2. The van der Waals surface area contributed by atoms with Gasteiger partial charge in [0.05, 0.1) is 11.7 Å². The lowest BCUT2D eigenvalue weighted by atomic mass is 9.90. The second-order valence-corrected chi connectivity index (χ2v) is 6.26. The summed E-state index contributed by atoms with van der Waals surface area (Å²) in [5.41, 5.74) is 2.49. The number of aryl methyl sites for hydroxylation is 1. The molecule has 1 atom stereocenters. The maximum Gasteiger partial charge on any atom is 0.271 e. The van der Waals surface area contributed by atoms with Gasteiger partial charge in [-0.1, -0.05) is 19.1 Å². The molecule has 0 spiro atoms. The fourth-order valence-corrected chi connectivity index (χ4v) is 3.45. The lowest BCUT2D eigenvalue weighted by Gasteiger charge is -2.35. The SMILES string of the molecule is CCCN(C(=O)c1cccc(=O)n1C)C1CCCc2cccnc21. The van der Waals surface area contributed by atoms with Crippen LogP contribution in [0.1, 0.15) is 54.0 Å². The summed E-state index contributed by atoms with van der Waals surface area (Å²) in [7, 11) is 1.65. The maximum atomic E-state index is 13.2. The number of amides is 1. The van der Waals surface area contributed by atoms with E-state index in [0.29, 0.717) is 12.2 Å². The van der Waals surface area contributed by atoms with Gasteiger partial charge < -0.3 is 9.47 Å². The molecule has 0 aromatic carbocycles. The predicted octanol–water partition coefficient (Wildman–Crippen LogP) is 2.71. The van der Waals surface area contributed by atoms with E-state index in [-0.39, 0.29) is 17.5 Å². The van der Waals surface area contributed by atoms with Crippen LogP contribution in [0.4, 0.5) is 0 Å². The van der Waals surface area contributed by atoms with Gasteiger partial charge in [0.2, 0.25) is 0 Å². The molecule has 3 rings (SSSR count). The van der Waals surface area contributed by atoms with Crippen molar-refractivity contribution in [1.82, 2.24) is 14.5 Å². The van der Waals surface area contributed by atoms with Gasteiger partial charge >= 0.3 is 0 Å². The van der Waals surface area contributed by atoms with Gasteiger partial charge in [0.1, 0.15) is 5.69 Å². The standard InChI is InChI=1S/C19H23N3O2/c1-3-13-22(19(24)16-10-5-11-17(23)21(16)2)15-9-4-7-14-8-6-12-20-18(14)15/h5-6,8,10-12,15H,3-4,7,9,13H2,1-2H3. The number of carbonyl (C=O) groups excluding carboxylic acids is 1. The van der Waals surface area contributed by atoms with Crippen LogP contribution in [0.2, 0.25) is 0 Å². The number of fused-ring (bicyclic) bond motifs is 1. The molecule has 126 valence electrons. The highest BCUT2D eigenvalue weighted by Crippen LogP contribution is 2.33. The quantitative estimate of drug-likeness (QED) is 0.868. The van der Waals surface area contributed by atoms with Crippen molar-refractivity contribution < 1.29 is 4.79 Å². The van der Waals surface area contributed by atoms with E-state index in [4.69, 9.17) is 0 Å². The van der Waals surface area contributed by atoms with E-state index in [1.807, 2.05) is 11.0 Å². The third kappa shape index (κ3) is 2.98. The molecule has 2 heterocycles. The average molecular weight is 325 g/mol. The molecular formula is C19H23N3O2. The Hall–Kier alpha value is -2.43. The molecule has 1 amide bonds. The van der Waals surface area contributed by atoms with Gasteiger partial charge in [-0.3, -0.25) is 14.6 Å². The molecule has 2 aromatic heterocycles. The first kappa shape index (κ1) is 16.4. The Balaban J connectivity index is 2.00. The van der Waals surface area contributed by atoms with Crippen LogP contribution < -0.4 is 5.56 Å².